The highest BCUT2D eigenvalue weighted by molar-refractivity contribution is 6.21. The SMILES string of the molecule is C[n+]1ccc(-c2c3ccccc3c(-c3ccccc3)c3ccccc23)cc1F. The normalized spacial score (nSPS) is 11.2. The van der Waals surface area contributed by atoms with Crippen LogP contribution in [-0.2, 0) is 7.05 Å². The third-order valence-electron chi connectivity index (χ3n) is 5.37. The van der Waals surface area contributed by atoms with Gasteiger partial charge in [0, 0.05) is 6.07 Å². The molecule has 2 heteroatoms. The molecule has 0 unspecified atom stereocenters. The van der Waals surface area contributed by atoms with E-state index in [1.165, 1.54) is 26.5 Å². The average molecular weight is 364 g/mol. The van der Waals surface area contributed by atoms with E-state index in [-0.39, 0.29) is 5.95 Å². The van der Waals surface area contributed by atoms with E-state index in [1.54, 1.807) is 19.3 Å². The van der Waals surface area contributed by atoms with E-state index in [2.05, 4.69) is 72.8 Å². The summed E-state index contributed by atoms with van der Waals surface area (Å²) in [6.45, 7) is 0. The van der Waals surface area contributed by atoms with Crippen molar-refractivity contribution < 1.29 is 8.96 Å². The topological polar surface area (TPSA) is 3.88 Å². The van der Waals surface area contributed by atoms with Crippen molar-refractivity contribution in [2.24, 2.45) is 7.05 Å². The molecule has 0 aliphatic heterocycles. The lowest BCUT2D eigenvalue weighted by Gasteiger charge is -2.17. The molecular formula is C26H19FN+. The zero-order valence-corrected chi connectivity index (χ0v) is 15.6. The number of hydrogen-bond acceptors (Lipinski definition) is 0. The molecule has 5 rings (SSSR count). The molecule has 0 fully saturated rings. The van der Waals surface area contributed by atoms with Crippen LogP contribution in [0.2, 0.25) is 0 Å². The van der Waals surface area contributed by atoms with E-state index in [9.17, 15) is 4.39 Å². The summed E-state index contributed by atoms with van der Waals surface area (Å²) in [7, 11) is 1.72. The van der Waals surface area contributed by atoms with E-state index < -0.39 is 0 Å². The van der Waals surface area contributed by atoms with Crippen molar-refractivity contribution in [1.29, 1.82) is 0 Å². The smallest absolute Gasteiger partial charge is 0.176 e. The number of fused-ring (bicyclic) bond motifs is 2. The fourth-order valence-electron chi connectivity index (χ4n) is 4.05. The van der Waals surface area contributed by atoms with E-state index in [4.69, 9.17) is 0 Å². The summed E-state index contributed by atoms with van der Waals surface area (Å²) in [4.78, 5) is 0. The number of nitrogens with zero attached hydrogens (tertiary/aromatic N) is 1. The highest BCUT2D eigenvalue weighted by atomic mass is 19.1. The Kier molecular flexibility index (Phi) is 3.91. The average Bonchev–Trinajstić information content (AvgIpc) is 2.74. The Morgan fingerprint density at radius 1 is 0.571 bits per heavy atom. The first-order chi connectivity index (χ1) is 13.7. The van der Waals surface area contributed by atoms with Crippen molar-refractivity contribution in [3.63, 3.8) is 0 Å². The van der Waals surface area contributed by atoms with Crippen molar-refractivity contribution in [3.8, 4) is 22.3 Å². The third kappa shape index (κ3) is 2.57. The number of benzene rings is 4. The first-order valence-corrected chi connectivity index (χ1v) is 9.38. The zero-order valence-electron chi connectivity index (χ0n) is 15.6. The quantitative estimate of drug-likeness (QED) is 0.197. The second kappa shape index (κ2) is 6.58. The monoisotopic (exact) mass is 364 g/mol. The molecule has 28 heavy (non-hydrogen) atoms. The van der Waals surface area contributed by atoms with Crippen LogP contribution in [0, 0.1) is 5.95 Å². The lowest BCUT2D eigenvalue weighted by molar-refractivity contribution is -0.700. The van der Waals surface area contributed by atoms with Crippen LogP contribution in [-0.4, -0.2) is 0 Å². The molecule has 1 aromatic heterocycles. The van der Waals surface area contributed by atoms with Crippen molar-refractivity contribution in [2.75, 3.05) is 0 Å². The van der Waals surface area contributed by atoms with Crippen molar-refractivity contribution in [3.05, 3.63) is 103 Å². The van der Waals surface area contributed by atoms with Gasteiger partial charge in [0.15, 0.2) is 6.20 Å². The molecule has 4 aromatic carbocycles. The standard InChI is InChI=1S/C26H19FN/c1-28-16-15-19(17-24(28)27)26-22-13-7-5-11-20(22)25(18-9-3-2-4-10-18)21-12-6-8-14-23(21)26/h2-17H,1H3/q+1. The summed E-state index contributed by atoms with van der Waals surface area (Å²) in [5.41, 5.74) is 4.37. The molecule has 0 N–H and O–H groups in total. The minimum atomic E-state index is -0.252. The molecule has 1 heterocycles. The van der Waals surface area contributed by atoms with Gasteiger partial charge >= 0.3 is 5.95 Å². The molecule has 0 aliphatic rings. The summed E-state index contributed by atoms with van der Waals surface area (Å²) in [6, 6.07) is 30.9. The summed E-state index contributed by atoms with van der Waals surface area (Å²) >= 11 is 0. The van der Waals surface area contributed by atoms with Crippen molar-refractivity contribution in [2.45, 2.75) is 0 Å². The van der Waals surface area contributed by atoms with Gasteiger partial charge in [0.25, 0.3) is 0 Å². The highest BCUT2D eigenvalue weighted by Crippen LogP contribution is 2.43. The molecular weight excluding hydrogens is 345 g/mol. The van der Waals surface area contributed by atoms with Crippen LogP contribution in [0.15, 0.2) is 97.2 Å². The number of aryl methyl sites for hydroxylation is 1. The summed E-state index contributed by atoms with van der Waals surface area (Å²) in [6.07, 6.45) is 1.78. The molecule has 0 atom stereocenters. The van der Waals surface area contributed by atoms with Gasteiger partial charge in [-0.15, -0.1) is 4.39 Å². The van der Waals surface area contributed by atoms with Crippen LogP contribution in [0.5, 0.6) is 0 Å². The maximum absolute atomic E-state index is 14.4. The fourth-order valence-corrected chi connectivity index (χ4v) is 4.05. The number of hydrogen-bond donors (Lipinski definition) is 0. The van der Waals surface area contributed by atoms with Gasteiger partial charge in [-0.2, -0.15) is 4.57 Å². The van der Waals surface area contributed by atoms with Crippen LogP contribution in [0.1, 0.15) is 0 Å². The van der Waals surface area contributed by atoms with Crippen LogP contribution in [0.3, 0.4) is 0 Å². The number of pyridine rings is 1. The molecule has 1 nitrogen and oxygen atoms in total. The second-order valence-electron chi connectivity index (χ2n) is 7.06. The number of aromatic nitrogens is 1. The lowest BCUT2D eigenvalue weighted by Crippen LogP contribution is -2.31. The van der Waals surface area contributed by atoms with Gasteiger partial charge < -0.3 is 0 Å². The van der Waals surface area contributed by atoms with Crippen LogP contribution in [0.25, 0.3) is 43.8 Å². The molecule has 0 saturated carbocycles. The minimum absolute atomic E-state index is 0.252. The molecule has 0 saturated heterocycles. The summed E-state index contributed by atoms with van der Waals surface area (Å²) < 4.78 is 15.9. The zero-order chi connectivity index (χ0) is 19.1. The highest BCUT2D eigenvalue weighted by Gasteiger charge is 2.17. The third-order valence-corrected chi connectivity index (χ3v) is 5.37. The first-order valence-electron chi connectivity index (χ1n) is 9.38. The van der Waals surface area contributed by atoms with Gasteiger partial charge in [-0.1, -0.05) is 78.9 Å². The predicted octanol–water partition coefficient (Wildman–Crippen LogP) is 6.29. The molecule has 0 radical (unpaired) electrons. The van der Waals surface area contributed by atoms with Crippen LogP contribution < -0.4 is 4.57 Å². The maximum atomic E-state index is 14.4. The van der Waals surface area contributed by atoms with Crippen molar-refractivity contribution >= 4 is 21.5 Å². The maximum Gasteiger partial charge on any atom is 0.359 e. The lowest BCUT2D eigenvalue weighted by atomic mass is 9.86. The molecule has 134 valence electrons. The van der Waals surface area contributed by atoms with E-state index in [1.807, 2.05) is 12.1 Å². The Bertz CT molecular complexity index is 1270. The van der Waals surface area contributed by atoms with Gasteiger partial charge in [-0.05, 0) is 43.8 Å². The summed E-state index contributed by atoms with van der Waals surface area (Å²) in [5, 5.41) is 4.62. The largest absolute Gasteiger partial charge is 0.359 e. The Labute approximate surface area is 163 Å². The molecule has 0 bridgehead atoms. The Morgan fingerprint density at radius 3 is 1.54 bits per heavy atom. The van der Waals surface area contributed by atoms with E-state index in [0.717, 1.165) is 21.9 Å². The fraction of sp³-hybridized carbons (Fsp3) is 0.0385. The molecule has 0 aliphatic carbocycles. The molecule has 0 spiro atoms. The number of halogens is 1. The minimum Gasteiger partial charge on any atom is -0.176 e. The van der Waals surface area contributed by atoms with Gasteiger partial charge in [-0.25, -0.2) is 0 Å². The van der Waals surface area contributed by atoms with Gasteiger partial charge in [0.05, 0.1) is 6.07 Å². The predicted molar refractivity (Wildman–Crippen MR) is 113 cm³/mol. The van der Waals surface area contributed by atoms with Gasteiger partial charge in [0.2, 0.25) is 0 Å². The van der Waals surface area contributed by atoms with Crippen LogP contribution in [0.4, 0.5) is 4.39 Å². The molecule has 0 amide bonds. The Morgan fingerprint density at radius 2 is 1.04 bits per heavy atom. The van der Waals surface area contributed by atoms with Crippen molar-refractivity contribution in [1.82, 2.24) is 0 Å². The second-order valence-corrected chi connectivity index (χ2v) is 7.06. The van der Waals surface area contributed by atoms with Gasteiger partial charge in [0.1, 0.15) is 7.05 Å². The van der Waals surface area contributed by atoms with E-state index >= 15 is 0 Å². The Hall–Kier alpha value is -3.52. The number of rotatable bonds is 2. The van der Waals surface area contributed by atoms with Gasteiger partial charge in [-0.3, -0.25) is 0 Å². The Balaban J connectivity index is 1.99. The summed E-state index contributed by atoms with van der Waals surface area (Å²) in [5.74, 6) is -0.252. The molecule has 5 aromatic rings. The van der Waals surface area contributed by atoms with E-state index in [0.29, 0.717) is 0 Å². The first kappa shape index (κ1) is 16.6. The van der Waals surface area contributed by atoms with Crippen LogP contribution >= 0.6 is 0 Å².